The molecule has 29 heavy (non-hydrogen) atoms. The predicted molar refractivity (Wildman–Crippen MR) is 120 cm³/mol. The molecule has 0 spiro atoms. The van der Waals surface area contributed by atoms with Gasteiger partial charge in [0.25, 0.3) is 0 Å². The van der Waals surface area contributed by atoms with Gasteiger partial charge in [0, 0.05) is 12.6 Å². The quantitative estimate of drug-likeness (QED) is 0.278. The van der Waals surface area contributed by atoms with Crippen molar-refractivity contribution in [3.8, 4) is 0 Å². The largest absolute Gasteiger partial charge is 0.487 e. The third-order valence-electron chi connectivity index (χ3n) is 1.82. The van der Waals surface area contributed by atoms with E-state index in [1.807, 2.05) is 31.2 Å². The van der Waals surface area contributed by atoms with Crippen LogP contribution >= 0.6 is 0 Å². The number of nitrogens with two attached hydrogens (primary N) is 3. The van der Waals surface area contributed by atoms with Gasteiger partial charge in [-0.1, -0.05) is 12.1 Å². The molecule has 0 bridgehead atoms. The number of aromatic nitrogens is 1. The van der Waals surface area contributed by atoms with E-state index in [0.717, 1.165) is 23.4 Å². The zero-order chi connectivity index (χ0) is 23.4. The summed E-state index contributed by atoms with van der Waals surface area (Å²) in [6.07, 6.45) is 0.875. The van der Waals surface area contributed by atoms with Gasteiger partial charge in [-0.25, -0.2) is 9.98 Å². The van der Waals surface area contributed by atoms with E-state index in [9.17, 15) is 0 Å². The number of methoxy groups -OCH3 is 1. The first-order valence-corrected chi connectivity index (χ1v) is 8.18. The molecule has 0 amide bonds. The molecule has 11 nitrogen and oxygen atoms in total. The highest BCUT2D eigenvalue weighted by Gasteiger charge is 1.97. The van der Waals surface area contributed by atoms with Crippen molar-refractivity contribution in [3.05, 3.63) is 30.2 Å². The van der Waals surface area contributed by atoms with Crippen molar-refractivity contribution in [2.75, 3.05) is 7.11 Å². The van der Waals surface area contributed by atoms with Crippen LogP contribution in [0.4, 0.5) is 0 Å². The number of para-hydroxylation sites is 2. The highest BCUT2D eigenvalue weighted by Crippen LogP contribution is 2.12. The van der Waals surface area contributed by atoms with Gasteiger partial charge < -0.3 is 31.8 Å². The minimum absolute atomic E-state index is 0.167. The van der Waals surface area contributed by atoms with Gasteiger partial charge in [0.1, 0.15) is 5.52 Å². The van der Waals surface area contributed by atoms with Crippen molar-refractivity contribution in [1.29, 1.82) is 21.6 Å². The van der Waals surface area contributed by atoms with Crippen LogP contribution in [-0.4, -0.2) is 41.8 Å². The van der Waals surface area contributed by atoms with Gasteiger partial charge >= 0.3 is 0 Å². The Bertz CT molecular complexity index is 725. The molecule has 0 unspecified atom stereocenters. The van der Waals surface area contributed by atoms with Crippen LogP contribution in [0.3, 0.4) is 0 Å². The number of aliphatic imine (C=N–C) groups is 1. The summed E-state index contributed by atoms with van der Waals surface area (Å²) < 4.78 is 9.34. The van der Waals surface area contributed by atoms with Crippen LogP contribution in [0, 0.1) is 28.6 Å². The lowest BCUT2D eigenvalue weighted by Crippen LogP contribution is -2.13. The molecule has 2 aromatic rings. The number of benzene rings is 1. The molecule has 0 aliphatic carbocycles. The van der Waals surface area contributed by atoms with Crippen molar-refractivity contribution in [3.63, 3.8) is 0 Å². The highest BCUT2D eigenvalue weighted by molar-refractivity contribution is 5.91. The molecule has 0 fully saturated rings. The van der Waals surface area contributed by atoms with Crippen LogP contribution in [0.25, 0.3) is 11.1 Å². The Balaban J connectivity index is -0.000000315. The number of hydrogen-bond donors (Lipinski definition) is 7. The molecule has 1 aromatic heterocycles. The van der Waals surface area contributed by atoms with E-state index in [2.05, 4.69) is 14.7 Å². The molecule has 2 rings (SSSR count). The van der Waals surface area contributed by atoms with Crippen molar-refractivity contribution in [2.45, 2.75) is 34.6 Å². The fourth-order valence-corrected chi connectivity index (χ4v) is 1.18. The highest BCUT2D eigenvalue weighted by atomic mass is 16.5. The standard InChI is InChI=1S/C8H7NO.C3H8N4.C3H7N.C2H6N2.C2H5NO/c1-6-9-7-4-2-3-5-8(7)10-6;1-2(4)7-3(5)6;1-3(2)4;1-2(3)4;1-4-2-3/h2-5H,1H3;1H3,(H5,4,5,6,7);4H,1-2H3;1H3,(H3,3,4);2-3H,1H3. The van der Waals surface area contributed by atoms with Crippen LogP contribution in [0.2, 0.25) is 0 Å². The minimum Gasteiger partial charge on any atom is -0.487 e. The summed E-state index contributed by atoms with van der Waals surface area (Å²) in [7, 11) is 1.44. The van der Waals surface area contributed by atoms with Crippen LogP contribution in [0.15, 0.2) is 33.7 Å². The summed E-state index contributed by atoms with van der Waals surface area (Å²) in [6.45, 7) is 8.45. The SMILES string of the molecule is CC(=N)N.CC(C)=N.CC(N)=NC(=N)N.COC=N.Cc1nc2ccccc2o1. The number of nitrogens with one attached hydrogen (secondary N) is 4. The fraction of sp³-hybridized carbons (Fsp3) is 0.333. The minimum atomic E-state index is -0.250. The average Bonchev–Trinajstić information content (AvgIpc) is 2.93. The lowest BCUT2D eigenvalue weighted by molar-refractivity contribution is 0.419. The van der Waals surface area contributed by atoms with Gasteiger partial charge in [-0.3, -0.25) is 16.2 Å². The average molecular weight is 408 g/mol. The molecule has 0 aliphatic heterocycles. The van der Waals surface area contributed by atoms with E-state index >= 15 is 0 Å². The number of oxazole rings is 1. The summed E-state index contributed by atoms with van der Waals surface area (Å²) in [4.78, 5) is 7.48. The molecule has 0 saturated heterocycles. The first kappa shape index (κ1) is 30.0. The Labute approximate surface area is 171 Å². The number of ether oxygens (including phenoxy) is 1. The summed E-state index contributed by atoms with van der Waals surface area (Å²) >= 11 is 0. The molecule has 0 saturated carbocycles. The van der Waals surface area contributed by atoms with Crippen LogP contribution in [0.1, 0.15) is 33.6 Å². The second kappa shape index (κ2) is 19.0. The molecule has 0 atom stereocenters. The molecule has 0 aliphatic rings. The number of hydrogen-bond acceptors (Lipinski definition) is 7. The van der Waals surface area contributed by atoms with Crippen LogP contribution < -0.4 is 17.2 Å². The van der Waals surface area contributed by atoms with E-state index in [1.165, 1.54) is 14.0 Å². The smallest absolute Gasteiger partial charge is 0.214 e. The predicted octanol–water partition coefficient (Wildman–Crippen LogP) is 2.62. The molecular weight excluding hydrogens is 374 g/mol. The first-order valence-electron chi connectivity index (χ1n) is 8.18. The Morgan fingerprint density at radius 1 is 1.07 bits per heavy atom. The number of amidine groups is 2. The topological polar surface area (TPSA) is 221 Å². The van der Waals surface area contributed by atoms with Crippen LogP contribution in [-0.2, 0) is 4.74 Å². The molecule has 1 aromatic carbocycles. The summed E-state index contributed by atoms with van der Waals surface area (Å²) in [5.74, 6) is 0.953. The Hall–Kier alpha value is -3.76. The molecule has 10 N–H and O–H groups in total. The Morgan fingerprint density at radius 2 is 1.48 bits per heavy atom. The van der Waals surface area contributed by atoms with E-state index in [0.29, 0.717) is 11.5 Å². The maximum atomic E-state index is 6.54. The normalized spacial score (nSPS) is 8.83. The van der Waals surface area contributed by atoms with Crippen molar-refractivity contribution in [2.24, 2.45) is 22.2 Å². The lowest BCUT2D eigenvalue weighted by atomic mass is 10.3. The zero-order valence-corrected chi connectivity index (χ0v) is 17.8. The van der Waals surface area contributed by atoms with Crippen LogP contribution in [0.5, 0.6) is 0 Å². The maximum Gasteiger partial charge on any atom is 0.214 e. The summed E-state index contributed by atoms with van der Waals surface area (Å²) in [6, 6.07) is 7.73. The van der Waals surface area contributed by atoms with Gasteiger partial charge in [-0.15, -0.1) is 0 Å². The van der Waals surface area contributed by atoms with Gasteiger partial charge in [0.2, 0.25) is 5.96 Å². The van der Waals surface area contributed by atoms with Gasteiger partial charge in [-0.2, -0.15) is 0 Å². The number of nitrogens with zero attached hydrogens (tertiary/aromatic N) is 2. The van der Waals surface area contributed by atoms with Crippen molar-refractivity contribution in [1.82, 2.24) is 4.98 Å². The molecule has 0 radical (unpaired) electrons. The number of fused-ring (bicyclic) bond motifs is 1. The summed E-state index contributed by atoms with van der Waals surface area (Å²) in [5.41, 5.74) is 17.0. The zero-order valence-electron chi connectivity index (χ0n) is 17.8. The number of aryl methyl sites for hydroxylation is 1. The third-order valence-corrected chi connectivity index (χ3v) is 1.82. The summed E-state index contributed by atoms with van der Waals surface area (Å²) in [5, 5.41) is 25.4. The number of guanidine groups is 1. The van der Waals surface area contributed by atoms with Gasteiger partial charge in [0.15, 0.2) is 17.9 Å². The fourth-order valence-electron chi connectivity index (χ4n) is 1.18. The second-order valence-corrected chi connectivity index (χ2v) is 5.38. The Morgan fingerprint density at radius 3 is 1.76 bits per heavy atom. The number of rotatable bonds is 1. The van der Waals surface area contributed by atoms with E-state index < -0.39 is 0 Å². The third kappa shape index (κ3) is 29.3. The molecule has 11 heteroatoms. The lowest BCUT2D eigenvalue weighted by Gasteiger charge is -1.84. The molecular formula is C18H33N9O2. The van der Waals surface area contributed by atoms with Gasteiger partial charge in [-0.05, 0) is 39.8 Å². The maximum absolute atomic E-state index is 6.54. The second-order valence-electron chi connectivity index (χ2n) is 5.38. The van der Waals surface area contributed by atoms with E-state index in [1.54, 1.807) is 20.8 Å². The van der Waals surface area contributed by atoms with E-state index in [4.69, 9.17) is 43.3 Å². The molecule has 1 heterocycles. The van der Waals surface area contributed by atoms with E-state index in [-0.39, 0.29) is 11.8 Å². The van der Waals surface area contributed by atoms with Gasteiger partial charge in [0.05, 0.1) is 18.8 Å². The first-order chi connectivity index (χ1) is 13.4. The van der Waals surface area contributed by atoms with Crippen molar-refractivity contribution < 1.29 is 9.15 Å². The monoisotopic (exact) mass is 407 g/mol. The molecule has 162 valence electrons. The Kier molecular flexibility index (Phi) is 19.7. The van der Waals surface area contributed by atoms with Crippen molar-refractivity contribution >= 4 is 40.8 Å².